The number of nitrogens with one attached hydrogen (secondary N) is 1. The molecule has 4 unspecified atom stereocenters. The predicted molar refractivity (Wildman–Crippen MR) is 95.9 cm³/mol. The Labute approximate surface area is 152 Å². The van der Waals surface area contributed by atoms with Gasteiger partial charge in [0.25, 0.3) is 0 Å². The molecule has 140 valence electrons. The summed E-state index contributed by atoms with van der Waals surface area (Å²) in [5, 5.41) is 13.1. The summed E-state index contributed by atoms with van der Waals surface area (Å²) in [6.07, 6.45) is 2.44. The second kappa shape index (κ2) is 6.41. The molecular formula is C20H25NO5. The zero-order chi connectivity index (χ0) is 19.1. The maximum Gasteiger partial charge on any atom is 0.315 e. The van der Waals surface area contributed by atoms with Crippen LogP contribution in [0, 0.1) is 11.3 Å². The van der Waals surface area contributed by atoms with E-state index in [1.54, 1.807) is 6.92 Å². The maximum absolute atomic E-state index is 13.2. The molecule has 0 spiro atoms. The first-order chi connectivity index (χ1) is 12.3. The van der Waals surface area contributed by atoms with Gasteiger partial charge in [0.15, 0.2) is 5.78 Å². The predicted octanol–water partition coefficient (Wildman–Crippen LogP) is 2.98. The molecular weight excluding hydrogens is 334 g/mol. The number of benzene rings is 1. The molecule has 0 saturated heterocycles. The van der Waals surface area contributed by atoms with Gasteiger partial charge in [0.05, 0.1) is 13.0 Å². The molecule has 6 heteroatoms. The lowest BCUT2D eigenvalue weighted by Gasteiger charge is -2.58. The van der Waals surface area contributed by atoms with E-state index in [0.29, 0.717) is 12.8 Å². The number of anilines is 1. The van der Waals surface area contributed by atoms with E-state index in [0.717, 1.165) is 24.1 Å². The van der Waals surface area contributed by atoms with Crippen molar-refractivity contribution in [3.63, 3.8) is 0 Å². The average Bonchev–Trinajstić information content (AvgIpc) is 2.64. The first-order valence-electron chi connectivity index (χ1n) is 9.01. The number of rotatable bonds is 4. The summed E-state index contributed by atoms with van der Waals surface area (Å²) >= 11 is 0. The lowest BCUT2D eigenvalue weighted by atomic mass is 9.48. The van der Waals surface area contributed by atoms with Crippen LogP contribution in [-0.2, 0) is 19.1 Å². The minimum absolute atomic E-state index is 0.153. The highest BCUT2D eigenvalue weighted by atomic mass is 16.5. The normalized spacial score (nSPS) is 31.0. The van der Waals surface area contributed by atoms with Crippen molar-refractivity contribution in [2.24, 2.45) is 11.3 Å². The highest BCUT2D eigenvalue weighted by Crippen LogP contribution is 2.61. The zero-order valence-corrected chi connectivity index (χ0v) is 15.4. The smallest absolute Gasteiger partial charge is 0.315 e. The summed E-state index contributed by atoms with van der Waals surface area (Å²) < 4.78 is 5.18. The summed E-state index contributed by atoms with van der Waals surface area (Å²) in [4.78, 5) is 38.0. The molecule has 0 amide bonds. The highest BCUT2D eigenvalue weighted by molar-refractivity contribution is 6.00. The SMILES string of the molecule is COC(=O)C12CCCCC1(C(C)=O)Nc1ccccc1C2C(C)C(=O)O. The van der Waals surface area contributed by atoms with Crippen LogP contribution >= 0.6 is 0 Å². The molecule has 3 rings (SSSR count). The number of esters is 1. The van der Waals surface area contributed by atoms with Gasteiger partial charge in [-0.25, -0.2) is 0 Å². The molecule has 1 aliphatic carbocycles. The fraction of sp³-hybridized carbons (Fsp3) is 0.550. The third kappa shape index (κ3) is 2.27. The number of carboxylic acid groups (broad SMARTS) is 1. The molecule has 0 bridgehead atoms. The van der Waals surface area contributed by atoms with Crippen molar-refractivity contribution >= 4 is 23.4 Å². The number of fused-ring (bicyclic) bond motifs is 2. The van der Waals surface area contributed by atoms with Crippen molar-refractivity contribution < 1.29 is 24.2 Å². The summed E-state index contributed by atoms with van der Waals surface area (Å²) in [6.45, 7) is 3.09. The first kappa shape index (κ1) is 18.4. The lowest BCUT2D eigenvalue weighted by Crippen LogP contribution is -2.69. The Hall–Kier alpha value is -2.37. The van der Waals surface area contributed by atoms with Crippen molar-refractivity contribution in [3.05, 3.63) is 29.8 Å². The van der Waals surface area contributed by atoms with Gasteiger partial charge in [-0.15, -0.1) is 0 Å². The van der Waals surface area contributed by atoms with Crippen molar-refractivity contribution in [2.45, 2.75) is 51.0 Å². The summed E-state index contributed by atoms with van der Waals surface area (Å²) in [5.41, 5.74) is -0.909. The Bertz CT molecular complexity index is 760. The number of ketones is 1. The van der Waals surface area contributed by atoms with E-state index >= 15 is 0 Å². The van der Waals surface area contributed by atoms with E-state index in [1.807, 2.05) is 24.3 Å². The fourth-order valence-electron chi connectivity index (χ4n) is 5.21. The standard InChI is InChI=1S/C20H25NO5/c1-12(17(23)24)16-14-8-4-5-9-15(14)21-20(13(2)22)11-7-6-10-19(16,20)18(25)26-3/h4-5,8-9,12,16,21H,6-7,10-11H2,1-3H3,(H,23,24). The van der Waals surface area contributed by atoms with Gasteiger partial charge in [-0.05, 0) is 31.4 Å². The highest BCUT2D eigenvalue weighted by Gasteiger charge is 2.68. The number of carboxylic acids is 1. The van der Waals surface area contributed by atoms with E-state index < -0.39 is 34.7 Å². The van der Waals surface area contributed by atoms with E-state index in [-0.39, 0.29) is 5.78 Å². The molecule has 1 aliphatic heterocycles. The molecule has 26 heavy (non-hydrogen) atoms. The number of carbonyl (C=O) groups is 3. The van der Waals surface area contributed by atoms with E-state index in [1.165, 1.54) is 14.0 Å². The molecule has 0 aromatic heterocycles. The fourth-order valence-corrected chi connectivity index (χ4v) is 5.21. The van der Waals surface area contributed by atoms with E-state index in [4.69, 9.17) is 4.74 Å². The van der Waals surface area contributed by atoms with Crippen molar-refractivity contribution in [3.8, 4) is 0 Å². The molecule has 0 radical (unpaired) electrons. The Morgan fingerprint density at radius 2 is 1.88 bits per heavy atom. The summed E-state index contributed by atoms with van der Waals surface area (Å²) in [6, 6.07) is 7.36. The molecule has 1 heterocycles. The number of hydrogen-bond donors (Lipinski definition) is 2. The lowest BCUT2D eigenvalue weighted by molar-refractivity contribution is -0.169. The number of para-hydroxylation sites is 1. The van der Waals surface area contributed by atoms with Crippen LogP contribution < -0.4 is 5.32 Å². The van der Waals surface area contributed by atoms with Crippen molar-refractivity contribution in [1.82, 2.24) is 0 Å². The second-order valence-electron chi connectivity index (χ2n) is 7.45. The Balaban J connectivity index is 2.37. The molecule has 1 aromatic carbocycles. The van der Waals surface area contributed by atoms with Crippen LogP contribution in [-0.4, -0.2) is 35.5 Å². The van der Waals surface area contributed by atoms with Crippen LogP contribution in [0.2, 0.25) is 0 Å². The molecule has 1 saturated carbocycles. The number of hydrogen-bond acceptors (Lipinski definition) is 5. The Morgan fingerprint density at radius 1 is 1.23 bits per heavy atom. The number of Topliss-reactive ketones (excluding diaryl/α,β-unsaturated/α-hetero) is 1. The van der Waals surface area contributed by atoms with Crippen LogP contribution in [0.5, 0.6) is 0 Å². The molecule has 6 nitrogen and oxygen atoms in total. The maximum atomic E-state index is 13.2. The first-order valence-corrected chi connectivity index (χ1v) is 9.01. The molecule has 4 atom stereocenters. The van der Waals surface area contributed by atoms with Gasteiger partial charge in [-0.2, -0.15) is 0 Å². The van der Waals surface area contributed by atoms with Crippen molar-refractivity contribution in [1.29, 1.82) is 0 Å². The number of aliphatic carboxylic acids is 1. The minimum atomic E-state index is -1.24. The van der Waals surface area contributed by atoms with E-state index in [9.17, 15) is 19.5 Å². The molecule has 2 aliphatic rings. The zero-order valence-electron chi connectivity index (χ0n) is 15.4. The molecule has 1 aromatic rings. The van der Waals surface area contributed by atoms with E-state index in [2.05, 4.69) is 5.32 Å². The largest absolute Gasteiger partial charge is 0.481 e. The van der Waals surface area contributed by atoms with Gasteiger partial charge >= 0.3 is 11.9 Å². The van der Waals surface area contributed by atoms with Crippen LogP contribution in [0.25, 0.3) is 0 Å². The van der Waals surface area contributed by atoms with Gasteiger partial charge < -0.3 is 15.2 Å². The quantitative estimate of drug-likeness (QED) is 0.803. The van der Waals surface area contributed by atoms with Crippen LogP contribution in [0.1, 0.15) is 51.0 Å². The van der Waals surface area contributed by atoms with Crippen LogP contribution in [0.3, 0.4) is 0 Å². The Morgan fingerprint density at radius 3 is 2.50 bits per heavy atom. The summed E-state index contributed by atoms with van der Waals surface area (Å²) in [7, 11) is 1.31. The van der Waals surface area contributed by atoms with Gasteiger partial charge in [0.2, 0.25) is 0 Å². The third-order valence-electron chi connectivity index (χ3n) is 6.35. The number of ether oxygens (including phenoxy) is 1. The third-order valence-corrected chi connectivity index (χ3v) is 6.35. The Kier molecular flexibility index (Phi) is 4.54. The topological polar surface area (TPSA) is 92.7 Å². The minimum Gasteiger partial charge on any atom is -0.481 e. The average molecular weight is 359 g/mol. The van der Waals surface area contributed by atoms with Gasteiger partial charge in [0, 0.05) is 11.6 Å². The second-order valence-corrected chi connectivity index (χ2v) is 7.45. The van der Waals surface area contributed by atoms with Crippen molar-refractivity contribution in [2.75, 3.05) is 12.4 Å². The number of carbonyl (C=O) groups excluding carboxylic acids is 2. The monoisotopic (exact) mass is 359 g/mol. The summed E-state index contributed by atoms with van der Waals surface area (Å²) in [5.74, 6) is -3.13. The van der Waals surface area contributed by atoms with Gasteiger partial charge in [-0.1, -0.05) is 38.0 Å². The number of methoxy groups -OCH3 is 1. The van der Waals surface area contributed by atoms with Crippen LogP contribution in [0.4, 0.5) is 5.69 Å². The van der Waals surface area contributed by atoms with Crippen LogP contribution in [0.15, 0.2) is 24.3 Å². The molecule has 2 N–H and O–H groups in total. The van der Waals surface area contributed by atoms with Gasteiger partial charge in [-0.3, -0.25) is 14.4 Å². The molecule has 1 fully saturated rings. The van der Waals surface area contributed by atoms with Gasteiger partial charge in [0.1, 0.15) is 11.0 Å².